The SMILES string of the molecule is Cc1ccc(-n2c(Cl)nc(Cl)c2CCl)cc1. The Bertz CT molecular complexity index is 503. The van der Waals surface area contributed by atoms with E-state index >= 15 is 0 Å². The molecule has 16 heavy (non-hydrogen) atoms. The Balaban J connectivity index is 2.59. The third kappa shape index (κ3) is 2.05. The van der Waals surface area contributed by atoms with Crippen LogP contribution in [0.2, 0.25) is 10.4 Å². The number of aryl methyl sites for hydroxylation is 1. The summed E-state index contributed by atoms with van der Waals surface area (Å²) < 4.78 is 1.75. The largest absolute Gasteiger partial charge is 0.285 e. The van der Waals surface area contributed by atoms with Crippen LogP contribution in [0.25, 0.3) is 5.69 Å². The number of aromatic nitrogens is 2. The van der Waals surface area contributed by atoms with Crippen molar-refractivity contribution < 1.29 is 0 Å². The average Bonchev–Trinajstić information content (AvgIpc) is 2.54. The highest BCUT2D eigenvalue weighted by molar-refractivity contribution is 6.33. The minimum atomic E-state index is 0.270. The molecule has 0 atom stereocenters. The van der Waals surface area contributed by atoms with E-state index in [-0.39, 0.29) is 5.88 Å². The van der Waals surface area contributed by atoms with E-state index in [9.17, 15) is 0 Å². The van der Waals surface area contributed by atoms with Crippen LogP contribution in [0.4, 0.5) is 0 Å². The van der Waals surface area contributed by atoms with Gasteiger partial charge in [-0.25, -0.2) is 4.98 Å². The molecule has 0 unspecified atom stereocenters. The van der Waals surface area contributed by atoms with Gasteiger partial charge in [0.05, 0.1) is 11.6 Å². The molecule has 2 nitrogen and oxygen atoms in total. The van der Waals surface area contributed by atoms with Gasteiger partial charge in [0, 0.05) is 5.69 Å². The van der Waals surface area contributed by atoms with Crippen molar-refractivity contribution in [3.63, 3.8) is 0 Å². The summed E-state index contributed by atoms with van der Waals surface area (Å²) in [5, 5.41) is 0.671. The van der Waals surface area contributed by atoms with Crippen LogP contribution in [0.5, 0.6) is 0 Å². The van der Waals surface area contributed by atoms with Crippen LogP contribution in [0.3, 0.4) is 0 Å². The van der Waals surface area contributed by atoms with Crippen molar-refractivity contribution >= 4 is 34.8 Å². The van der Waals surface area contributed by atoms with Crippen molar-refractivity contribution in [2.24, 2.45) is 0 Å². The van der Waals surface area contributed by atoms with E-state index in [0.29, 0.717) is 16.1 Å². The molecule has 1 heterocycles. The van der Waals surface area contributed by atoms with Crippen LogP contribution < -0.4 is 0 Å². The molecule has 2 aromatic rings. The number of hydrogen-bond acceptors (Lipinski definition) is 1. The van der Waals surface area contributed by atoms with Crippen LogP contribution >= 0.6 is 34.8 Å². The lowest BCUT2D eigenvalue weighted by Crippen LogP contribution is -1.98. The van der Waals surface area contributed by atoms with Gasteiger partial charge >= 0.3 is 0 Å². The van der Waals surface area contributed by atoms with Gasteiger partial charge in [-0.3, -0.25) is 4.57 Å². The minimum Gasteiger partial charge on any atom is -0.285 e. The fraction of sp³-hybridized carbons (Fsp3) is 0.182. The second-order valence-corrected chi connectivity index (χ2v) is 4.39. The molecule has 0 aliphatic heterocycles. The van der Waals surface area contributed by atoms with E-state index in [4.69, 9.17) is 34.8 Å². The molecule has 1 aromatic heterocycles. The maximum atomic E-state index is 6.01. The standard InChI is InChI=1S/C11H9Cl3N2/c1-7-2-4-8(5-3-7)16-9(6-12)10(13)15-11(16)14/h2-5H,6H2,1H3. The number of rotatable bonds is 2. The number of alkyl halides is 1. The molecule has 0 N–H and O–H groups in total. The molecule has 2 rings (SSSR count). The van der Waals surface area contributed by atoms with Crippen molar-refractivity contribution in [1.82, 2.24) is 9.55 Å². The highest BCUT2D eigenvalue weighted by Crippen LogP contribution is 2.26. The van der Waals surface area contributed by atoms with Crippen molar-refractivity contribution in [3.8, 4) is 5.69 Å². The van der Waals surface area contributed by atoms with Gasteiger partial charge in [0.15, 0.2) is 5.15 Å². The minimum absolute atomic E-state index is 0.270. The van der Waals surface area contributed by atoms with Gasteiger partial charge in [-0.2, -0.15) is 0 Å². The predicted molar refractivity (Wildman–Crippen MR) is 67.9 cm³/mol. The lowest BCUT2D eigenvalue weighted by Gasteiger charge is -2.07. The zero-order chi connectivity index (χ0) is 11.7. The third-order valence-corrected chi connectivity index (χ3v) is 3.11. The second kappa shape index (κ2) is 4.66. The molecule has 1 aromatic carbocycles. The monoisotopic (exact) mass is 274 g/mol. The van der Waals surface area contributed by atoms with Crippen molar-refractivity contribution in [1.29, 1.82) is 0 Å². The fourth-order valence-corrected chi connectivity index (χ4v) is 2.34. The molecule has 5 heteroatoms. The predicted octanol–water partition coefficient (Wildman–Crippen LogP) is 4.23. The Labute approximate surface area is 109 Å². The Kier molecular flexibility index (Phi) is 3.43. The zero-order valence-corrected chi connectivity index (χ0v) is 10.8. The molecule has 0 saturated carbocycles. The fourth-order valence-electron chi connectivity index (χ4n) is 1.47. The summed E-state index contributed by atoms with van der Waals surface area (Å²) in [6.07, 6.45) is 0. The average molecular weight is 276 g/mol. The Hall–Kier alpha value is -0.700. The second-order valence-electron chi connectivity index (χ2n) is 3.42. The van der Waals surface area contributed by atoms with Gasteiger partial charge in [-0.1, -0.05) is 29.3 Å². The van der Waals surface area contributed by atoms with Gasteiger partial charge in [-0.15, -0.1) is 11.6 Å². The van der Waals surface area contributed by atoms with Gasteiger partial charge in [0.1, 0.15) is 0 Å². The quantitative estimate of drug-likeness (QED) is 0.750. The number of benzene rings is 1. The van der Waals surface area contributed by atoms with Crippen molar-refractivity contribution in [3.05, 3.63) is 46.0 Å². The molecule has 84 valence electrons. The summed E-state index contributed by atoms with van der Waals surface area (Å²) in [4.78, 5) is 3.99. The molecule has 0 aliphatic rings. The summed E-state index contributed by atoms with van der Waals surface area (Å²) >= 11 is 17.8. The molecule has 0 spiro atoms. The van der Waals surface area contributed by atoms with E-state index in [1.54, 1.807) is 4.57 Å². The van der Waals surface area contributed by atoms with Gasteiger partial charge < -0.3 is 0 Å². The number of nitrogens with zero attached hydrogens (tertiary/aromatic N) is 2. The summed E-state index contributed by atoms with van der Waals surface area (Å²) in [6, 6.07) is 7.90. The number of halogens is 3. The topological polar surface area (TPSA) is 17.8 Å². The molecule has 0 fully saturated rings. The van der Waals surface area contributed by atoms with Crippen LogP contribution in [0, 0.1) is 6.92 Å². The van der Waals surface area contributed by atoms with Crippen LogP contribution in [0.15, 0.2) is 24.3 Å². The van der Waals surface area contributed by atoms with E-state index in [1.807, 2.05) is 31.2 Å². The smallest absolute Gasteiger partial charge is 0.209 e. The lowest BCUT2D eigenvalue weighted by molar-refractivity contribution is 0.992. The van der Waals surface area contributed by atoms with E-state index in [1.165, 1.54) is 5.56 Å². The maximum absolute atomic E-state index is 6.01. The highest BCUT2D eigenvalue weighted by Gasteiger charge is 2.14. The van der Waals surface area contributed by atoms with Gasteiger partial charge in [-0.05, 0) is 30.7 Å². The van der Waals surface area contributed by atoms with Gasteiger partial charge in [0.2, 0.25) is 5.28 Å². The molecular weight excluding hydrogens is 266 g/mol. The Morgan fingerprint density at radius 3 is 2.38 bits per heavy atom. The van der Waals surface area contributed by atoms with Crippen LogP contribution in [-0.4, -0.2) is 9.55 Å². The number of imidazole rings is 1. The normalized spacial score (nSPS) is 10.8. The third-order valence-electron chi connectivity index (χ3n) is 2.30. The van der Waals surface area contributed by atoms with Crippen molar-refractivity contribution in [2.45, 2.75) is 12.8 Å². The van der Waals surface area contributed by atoms with Gasteiger partial charge in [0.25, 0.3) is 0 Å². The van der Waals surface area contributed by atoms with Crippen molar-refractivity contribution in [2.75, 3.05) is 0 Å². The van der Waals surface area contributed by atoms with Crippen LogP contribution in [-0.2, 0) is 5.88 Å². The van der Waals surface area contributed by atoms with E-state index < -0.39 is 0 Å². The molecule has 0 bridgehead atoms. The first-order valence-electron chi connectivity index (χ1n) is 4.69. The molecule has 0 radical (unpaired) electrons. The Morgan fingerprint density at radius 2 is 1.81 bits per heavy atom. The van der Waals surface area contributed by atoms with Crippen LogP contribution in [0.1, 0.15) is 11.3 Å². The Morgan fingerprint density at radius 1 is 1.19 bits per heavy atom. The summed E-state index contributed by atoms with van der Waals surface area (Å²) in [6.45, 7) is 2.02. The number of hydrogen-bond donors (Lipinski definition) is 0. The zero-order valence-electron chi connectivity index (χ0n) is 8.54. The molecular formula is C11H9Cl3N2. The molecule has 0 aliphatic carbocycles. The first-order valence-corrected chi connectivity index (χ1v) is 5.98. The summed E-state index contributed by atoms with van der Waals surface area (Å²) in [5.74, 6) is 0.270. The summed E-state index contributed by atoms with van der Waals surface area (Å²) in [7, 11) is 0. The highest BCUT2D eigenvalue weighted by atomic mass is 35.5. The first-order chi connectivity index (χ1) is 7.63. The van der Waals surface area contributed by atoms with E-state index in [2.05, 4.69) is 4.98 Å². The lowest BCUT2D eigenvalue weighted by atomic mass is 10.2. The van der Waals surface area contributed by atoms with E-state index in [0.717, 1.165) is 5.69 Å². The maximum Gasteiger partial charge on any atom is 0.209 e. The summed E-state index contributed by atoms with van der Waals surface area (Å²) in [5.41, 5.74) is 2.79. The molecule has 0 amide bonds. The molecule has 0 saturated heterocycles. The first kappa shape index (κ1) is 11.8.